The Hall–Kier alpha value is -0.990. The molecule has 1 aromatic carbocycles. The van der Waals surface area contributed by atoms with Gasteiger partial charge in [-0.15, -0.1) is 0 Å². The molecule has 3 N–H and O–H groups in total. The first-order valence-electron chi connectivity index (χ1n) is 10.5. The molecule has 29 heavy (non-hydrogen) atoms. The zero-order valence-corrected chi connectivity index (χ0v) is 17.9. The van der Waals surface area contributed by atoms with Crippen LogP contribution in [0.4, 0.5) is 0 Å². The van der Waals surface area contributed by atoms with Crippen LogP contribution in [0.3, 0.4) is 0 Å². The van der Waals surface area contributed by atoms with Crippen molar-refractivity contribution in [3.05, 3.63) is 30.3 Å². The van der Waals surface area contributed by atoms with E-state index in [0.29, 0.717) is 25.7 Å². The molecule has 7 heteroatoms. The lowest BCUT2D eigenvalue weighted by Gasteiger charge is -2.73. The van der Waals surface area contributed by atoms with E-state index in [1.165, 1.54) is 0 Å². The average Bonchev–Trinajstić information content (AvgIpc) is 2.69. The molecule has 0 unspecified atom stereocenters. The molecule has 0 radical (unpaired) electrons. The molecule has 4 fully saturated rings. The van der Waals surface area contributed by atoms with E-state index >= 15 is 0 Å². The summed E-state index contributed by atoms with van der Waals surface area (Å²) in [6.45, 7) is 4.07. The summed E-state index contributed by atoms with van der Waals surface area (Å²) >= 11 is 0. The summed E-state index contributed by atoms with van der Waals surface area (Å²) in [6, 6.07) is 8.41. The van der Waals surface area contributed by atoms with Crippen LogP contribution in [0.1, 0.15) is 39.5 Å². The van der Waals surface area contributed by atoms with Crippen molar-refractivity contribution in [2.24, 2.45) is 22.2 Å². The summed E-state index contributed by atoms with van der Waals surface area (Å²) in [4.78, 5) is 0.282. The van der Waals surface area contributed by atoms with Crippen LogP contribution in [-0.4, -0.2) is 61.0 Å². The van der Waals surface area contributed by atoms with Gasteiger partial charge in [0.25, 0.3) is 0 Å². The summed E-state index contributed by atoms with van der Waals surface area (Å²) in [5.41, 5.74) is -1.53. The Morgan fingerprint density at radius 1 is 1.17 bits per heavy atom. The van der Waals surface area contributed by atoms with E-state index in [0.717, 1.165) is 0 Å². The molecule has 4 bridgehead atoms. The minimum absolute atomic E-state index is 0.0702. The van der Waals surface area contributed by atoms with Gasteiger partial charge >= 0.3 is 0 Å². The van der Waals surface area contributed by atoms with E-state index in [-0.39, 0.29) is 35.2 Å². The smallest absolute Gasteiger partial charge is 0.180 e. The first-order valence-corrected chi connectivity index (χ1v) is 12.1. The minimum Gasteiger partial charge on any atom is -0.396 e. The molecule has 2 saturated heterocycles. The SMILES string of the molecule is CC1(C)[C@H]2C[C@@]3(CCO)[C@@H](O)CC[C@]1(CO)[C@H]3O[C@H]2CS(=O)(=O)c1ccccc1. The molecular weight excluding hydrogens is 392 g/mol. The molecule has 5 rings (SSSR count). The van der Waals surface area contributed by atoms with Gasteiger partial charge in [0.1, 0.15) is 0 Å². The van der Waals surface area contributed by atoms with Crippen molar-refractivity contribution in [3.63, 3.8) is 0 Å². The van der Waals surface area contributed by atoms with E-state index in [1.807, 2.05) is 0 Å². The lowest BCUT2D eigenvalue weighted by molar-refractivity contribution is -0.353. The van der Waals surface area contributed by atoms with E-state index < -0.39 is 39.0 Å². The molecule has 6 nitrogen and oxygen atoms in total. The molecule has 2 aliphatic carbocycles. The van der Waals surface area contributed by atoms with Gasteiger partial charge in [-0.2, -0.15) is 0 Å². The maximum atomic E-state index is 13.0. The largest absolute Gasteiger partial charge is 0.396 e. The fourth-order valence-electron chi connectivity index (χ4n) is 6.68. The van der Waals surface area contributed by atoms with Gasteiger partial charge < -0.3 is 20.1 Å². The lowest BCUT2D eigenvalue weighted by Crippen LogP contribution is -2.76. The van der Waals surface area contributed by atoms with Crippen LogP contribution in [0.25, 0.3) is 0 Å². The molecule has 2 aliphatic heterocycles. The second kappa shape index (κ2) is 7.02. The molecule has 4 aliphatic rings. The standard InChI is InChI=1S/C22H32O6S/c1-20(2)16-12-21(10-11-23)18(25)8-9-22(20,14-24)19(21)28-17(16)13-29(26,27)15-6-4-3-5-7-15/h3-7,16-19,23-25H,8-14H2,1-2H3/t16-,17-,18-,19-,21-,22-/m0/s1. The normalized spacial score (nSPS) is 40.7. The number of fused-ring (bicyclic) bond motifs is 1. The second-order valence-corrected chi connectivity index (χ2v) is 11.8. The van der Waals surface area contributed by atoms with Crippen molar-refractivity contribution in [2.75, 3.05) is 19.0 Å². The quantitative estimate of drug-likeness (QED) is 0.643. The number of hydrogen-bond donors (Lipinski definition) is 3. The molecule has 0 amide bonds. The van der Waals surface area contributed by atoms with Crippen LogP contribution in [0, 0.1) is 22.2 Å². The van der Waals surface area contributed by atoms with Crippen LogP contribution < -0.4 is 0 Å². The summed E-state index contributed by atoms with van der Waals surface area (Å²) in [5.74, 6) is -0.256. The Kier molecular flexibility index (Phi) is 5.15. The summed E-state index contributed by atoms with van der Waals surface area (Å²) < 4.78 is 32.5. The number of aliphatic hydroxyl groups excluding tert-OH is 3. The van der Waals surface area contributed by atoms with Crippen molar-refractivity contribution >= 4 is 9.84 Å². The Balaban J connectivity index is 1.73. The first-order chi connectivity index (χ1) is 13.6. The number of aliphatic hydroxyl groups is 3. The van der Waals surface area contributed by atoms with Gasteiger partial charge in [0, 0.05) is 17.4 Å². The number of hydrogen-bond acceptors (Lipinski definition) is 6. The number of benzene rings is 1. The molecule has 0 aromatic heterocycles. The predicted molar refractivity (Wildman–Crippen MR) is 108 cm³/mol. The van der Waals surface area contributed by atoms with Crippen molar-refractivity contribution in [2.45, 2.75) is 62.7 Å². The summed E-state index contributed by atoms with van der Waals surface area (Å²) in [5, 5.41) is 31.1. The number of ether oxygens (including phenoxy) is 1. The highest BCUT2D eigenvalue weighted by atomic mass is 32.2. The number of rotatable bonds is 6. The van der Waals surface area contributed by atoms with Crippen LogP contribution in [0.15, 0.2) is 35.2 Å². The molecule has 1 aromatic rings. The topological polar surface area (TPSA) is 104 Å². The Morgan fingerprint density at radius 3 is 2.48 bits per heavy atom. The molecule has 2 heterocycles. The average molecular weight is 425 g/mol. The van der Waals surface area contributed by atoms with Gasteiger partial charge in [-0.05, 0) is 49.1 Å². The van der Waals surface area contributed by atoms with Gasteiger partial charge in [0.15, 0.2) is 9.84 Å². The zero-order valence-electron chi connectivity index (χ0n) is 17.1. The van der Waals surface area contributed by atoms with E-state index in [4.69, 9.17) is 4.74 Å². The monoisotopic (exact) mass is 424 g/mol. The highest BCUT2D eigenvalue weighted by Gasteiger charge is 2.73. The summed E-state index contributed by atoms with van der Waals surface area (Å²) in [7, 11) is -3.53. The Morgan fingerprint density at radius 2 is 1.86 bits per heavy atom. The fourth-order valence-corrected chi connectivity index (χ4v) is 8.18. The second-order valence-electron chi connectivity index (χ2n) is 9.76. The molecule has 6 atom stereocenters. The summed E-state index contributed by atoms with van der Waals surface area (Å²) in [6.07, 6.45) is 0.579. The number of sulfone groups is 1. The van der Waals surface area contributed by atoms with Gasteiger partial charge in [-0.25, -0.2) is 8.42 Å². The zero-order chi connectivity index (χ0) is 21.1. The van der Waals surface area contributed by atoms with Crippen molar-refractivity contribution in [3.8, 4) is 0 Å². The maximum Gasteiger partial charge on any atom is 0.180 e. The van der Waals surface area contributed by atoms with Crippen molar-refractivity contribution in [1.29, 1.82) is 0 Å². The van der Waals surface area contributed by atoms with Crippen LogP contribution in [-0.2, 0) is 14.6 Å². The molecule has 162 valence electrons. The highest BCUT2D eigenvalue weighted by molar-refractivity contribution is 7.91. The molecular formula is C22H32O6S. The van der Waals surface area contributed by atoms with Crippen LogP contribution in [0.2, 0.25) is 0 Å². The minimum atomic E-state index is -3.53. The third-order valence-electron chi connectivity index (χ3n) is 8.47. The van der Waals surface area contributed by atoms with Crippen LogP contribution >= 0.6 is 0 Å². The van der Waals surface area contributed by atoms with E-state index in [2.05, 4.69) is 13.8 Å². The van der Waals surface area contributed by atoms with Crippen molar-refractivity contribution in [1.82, 2.24) is 0 Å². The van der Waals surface area contributed by atoms with E-state index in [9.17, 15) is 23.7 Å². The van der Waals surface area contributed by atoms with Crippen molar-refractivity contribution < 1.29 is 28.5 Å². The Labute approximate surface area is 172 Å². The maximum absolute atomic E-state index is 13.0. The van der Waals surface area contributed by atoms with Crippen LogP contribution in [0.5, 0.6) is 0 Å². The fraction of sp³-hybridized carbons (Fsp3) is 0.727. The predicted octanol–water partition coefficient (Wildman–Crippen LogP) is 1.78. The third kappa shape index (κ3) is 2.85. The Bertz CT molecular complexity index is 853. The van der Waals surface area contributed by atoms with Gasteiger partial charge in [-0.1, -0.05) is 32.0 Å². The van der Waals surface area contributed by atoms with E-state index in [1.54, 1.807) is 30.3 Å². The highest BCUT2D eigenvalue weighted by Crippen LogP contribution is 2.71. The van der Waals surface area contributed by atoms with Gasteiger partial charge in [-0.3, -0.25) is 0 Å². The van der Waals surface area contributed by atoms with Gasteiger partial charge in [0.05, 0.1) is 35.6 Å². The third-order valence-corrected chi connectivity index (χ3v) is 10.2. The molecule has 2 saturated carbocycles. The first kappa shape index (κ1) is 21.2. The van der Waals surface area contributed by atoms with Gasteiger partial charge in [0.2, 0.25) is 0 Å². The molecule has 0 spiro atoms. The lowest BCUT2D eigenvalue weighted by atomic mass is 9.38.